The molecule has 0 aliphatic heterocycles. The third-order valence-electron chi connectivity index (χ3n) is 3.26. The van der Waals surface area contributed by atoms with Gasteiger partial charge in [-0.25, -0.2) is 4.98 Å². The molecule has 0 N–H and O–H groups in total. The highest BCUT2D eigenvalue weighted by atomic mass is 16.5. The van der Waals surface area contributed by atoms with Gasteiger partial charge in [-0.2, -0.15) is 5.26 Å². The summed E-state index contributed by atoms with van der Waals surface area (Å²) in [5, 5.41) is 8.93. The number of aromatic nitrogens is 2. The van der Waals surface area contributed by atoms with Crippen molar-refractivity contribution in [1.29, 1.82) is 5.26 Å². The molecule has 0 spiro atoms. The molecule has 0 saturated heterocycles. The Bertz CT molecular complexity index is 680. The SMILES string of the molecule is COC(=O)C(C)(C)Cn1c(CC#N)nc2ccccc21. The lowest BCUT2D eigenvalue weighted by Gasteiger charge is -2.23. The van der Waals surface area contributed by atoms with Crippen LogP contribution in [0.15, 0.2) is 24.3 Å². The summed E-state index contributed by atoms with van der Waals surface area (Å²) < 4.78 is 6.76. The number of methoxy groups -OCH3 is 1. The minimum absolute atomic E-state index is 0.214. The van der Waals surface area contributed by atoms with Gasteiger partial charge in [0.1, 0.15) is 5.82 Å². The fourth-order valence-electron chi connectivity index (χ4n) is 2.24. The number of benzene rings is 1. The van der Waals surface area contributed by atoms with Crippen LogP contribution in [0.2, 0.25) is 0 Å². The molecule has 5 heteroatoms. The number of nitriles is 1. The Morgan fingerprint density at radius 1 is 1.45 bits per heavy atom. The molecular weight excluding hydrogens is 254 g/mol. The fourth-order valence-corrected chi connectivity index (χ4v) is 2.24. The normalized spacial score (nSPS) is 11.3. The van der Waals surface area contributed by atoms with Gasteiger partial charge in [0.05, 0.1) is 36.0 Å². The summed E-state index contributed by atoms with van der Waals surface area (Å²) in [4.78, 5) is 16.3. The van der Waals surface area contributed by atoms with Crippen LogP contribution in [0.1, 0.15) is 19.7 Å². The summed E-state index contributed by atoms with van der Waals surface area (Å²) in [6, 6.07) is 9.78. The average molecular weight is 271 g/mol. The molecule has 0 radical (unpaired) electrons. The maximum absolute atomic E-state index is 11.8. The number of carbonyl (C=O) groups is 1. The zero-order valence-corrected chi connectivity index (χ0v) is 11.9. The minimum Gasteiger partial charge on any atom is -0.469 e. The van der Waals surface area contributed by atoms with Gasteiger partial charge >= 0.3 is 5.97 Å². The summed E-state index contributed by atoms with van der Waals surface area (Å²) in [6.45, 7) is 4.07. The van der Waals surface area contributed by atoms with Gasteiger partial charge in [0.2, 0.25) is 0 Å². The van der Waals surface area contributed by atoms with Crippen LogP contribution in [0.25, 0.3) is 11.0 Å². The van der Waals surface area contributed by atoms with Crippen LogP contribution in [-0.2, 0) is 22.5 Å². The van der Waals surface area contributed by atoms with Gasteiger partial charge < -0.3 is 9.30 Å². The number of hydrogen-bond donors (Lipinski definition) is 0. The molecule has 0 saturated carbocycles. The quantitative estimate of drug-likeness (QED) is 0.800. The van der Waals surface area contributed by atoms with Crippen molar-refractivity contribution in [3.05, 3.63) is 30.1 Å². The summed E-state index contributed by atoms with van der Waals surface area (Å²) in [6.07, 6.45) is 0.214. The Morgan fingerprint density at radius 3 is 2.80 bits per heavy atom. The summed E-state index contributed by atoms with van der Waals surface area (Å²) in [5.74, 6) is 0.392. The number of nitrogens with zero attached hydrogens (tertiary/aromatic N) is 3. The Hall–Kier alpha value is -2.35. The smallest absolute Gasteiger partial charge is 0.313 e. The van der Waals surface area contributed by atoms with Gasteiger partial charge in [0.15, 0.2) is 0 Å². The molecule has 5 nitrogen and oxygen atoms in total. The average Bonchev–Trinajstić information content (AvgIpc) is 2.76. The number of imidazole rings is 1. The second-order valence-electron chi connectivity index (χ2n) is 5.31. The molecule has 0 fully saturated rings. The fraction of sp³-hybridized carbons (Fsp3) is 0.400. The molecule has 2 rings (SSSR count). The van der Waals surface area contributed by atoms with E-state index in [9.17, 15) is 4.79 Å². The summed E-state index contributed by atoms with van der Waals surface area (Å²) in [5.41, 5.74) is 1.08. The van der Waals surface area contributed by atoms with Crippen LogP contribution in [0.4, 0.5) is 0 Å². The van der Waals surface area contributed by atoms with Crippen molar-refractivity contribution in [2.45, 2.75) is 26.8 Å². The van der Waals surface area contributed by atoms with Crippen molar-refractivity contribution in [1.82, 2.24) is 9.55 Å². The van der Waals surface area contributed by atoms with Crippen molar-refractivity contribution in [3.63, 3.8) is 0 Å². The highest BCUT2D eigenvalue weighted by Crippen LogP contribution is 2.25. The van der Waals surface area contributed by atoms with Crippen LogP contribution < -0.4 is 0 Å². The molecule has 0 atom stereocenters. The molecular formula is C15H17N3O2. The zero-order valence-electron chi connectivity index (χ0n) is 11.9. The lowest BCUT2D eigenvalue weighted by atomic mass is 9.93. The number of para-hydroxylation sites is 2. The van der Waals surface area contributed by atoms with Gasteiger partial charge in [-0.15, -0.1) is 0 Å². The highest BCUT2D eigenvalue weighted by molar-refractivity contribution is 5.78. The van der Waals surface area contributed by atoms with Gasteiger partial charge in [-0.3, -0.25) is 4.79 Å². The number of fused-ring (bicyclic) bond motifs is 1. The van der Waals surface area contributed by atoms with E-state index in [1.165, 1.54) is 7.11 Å². The van der Waals surface area contributed by atoms with E-state index in [0.29, 0.717) is 12.4 Å². The molecule has 0 bridgehead atoms. The topological polar surface area (TPSA) is 67.9 Å². The van der Waals surface area contributed by atoms with Gasteiger partial charge in [0.25, 0.3) is 0 Å². The minimum atomic E-state index is -0.678. The maximum Gasteiger partial charge on any atom is 0.313 e. The largest absolute Gasteiger partial charge is 0.469 e. The van der Waals surface area contributed by atoms with E-state index in [0.717, 1.165) is 11.0 Å². The number of hydrogen-bond acceptors (Lipinski definition) is 4. The Balaban J connectivity index is 2.49. The third-order valence-corrected chi connectivity index (χ3v) is 3.26. The number of ether oxygens (including phenoxy) is 1. The van der Waals surface area contributed by atoms with E-state index >= 15 is 0 Å². The van der Waals surface area contributed by atoms with Crippen molar-refractivity contribution >= 4 is 17.0 Å². The number of esters is 1. The van der Waals surface area contributed by atoms with Crippen LogP contribution >= 0.6 is 0 Å². The van der Waals surface area contributed by atoms with Crippen molar-refractivity contribution in [3.8, 4) is 6.07 Å². The zero-order chi connectivity index (χ0) is 14.8. The van der Waals surface area contributed by atoms with E-state index < -0.39 is 5.41 Å². The third kappa shape index (κ3) is 2.50. The van der Waals surface area contributed by atoms with E-state index in [1.54, 1.807) is 0 Å². The van der Waals surface area contributed by atoms with Crippen molar-refractivity contribution < 1.29 is 9.53 Å². The summed E-state index contributed by atoms with van der Waals surface area (Å²) in [7, 11) is 1.38. The van der Waals surface area contributed by atoms with Gasteiger partial charge in [-0.1, -0.05) is 12.1 Å². The van der Waals surface area contributed by atoms with E-state index in [-0.39, 0.29) is 12.4 Å². The van der Waals surface area contributed by atoms with Crippen molar-refractivity contribution in [2.24, 2.45) is 5.41 Å². The second-order valence-corrected chi connectivity index (χ2v) is 5.31. The predicted molar refractivity (Wildman–Crippen MR) is 74.8 cm³/mol. The van der Waals surface area contributed by atoms with E-state index in [4.69, 9.17) is 10.00 Å². The number of carbonyl (C=O) groups excluding carboxylic acids is 1. The Morgan fingerprint density at radius 2 is 2.15 bits per heavy atom. The molecule has 0 aliphatic carbocycles. The van der Waals surface area contributed by atoms with Crippen LogP contribution in [0.3, 0.4) is 0 Å². The molecule has 104 valence electrons. The molecule has 1 aromatic heterocycles. The Labute approximate surface area is 117 Å². The molecule has 0 amide bonds. The first-order valence-electron chi connectivity index (χ1n) is 6.39. The molecule has 20 heavy (non-hydrogen) atoms. The maximum atomic E-state index is 11.8. The Kier molecular flexibility index (Phi) is 3.75. The molecule has 0 aliphatic rings. The van der Waals surface area contributed by atoms with Gasteiger partial charge in [0, 0.05) is 6.54 Å². The lowest BCUT2D eigenvalue weighted by Crippen LogP contribution is -2.31. The molecule has 1 heterocycles. The predicted octanol–water partition coefficient (Wildman–Crippen LogP) is 2.30. The van der Waals surface area contributed by atoms with Crippen LogP contribution in [0, 0.1) is 16.7 Å². The van der Waals surface area contributed by atoms with Crippen LogP contribution in [-0.4, -0.2) is 22.6 Å². The first-order valence-corrected chi connectivity index (χ1v) is 6.39. The lowest BCUT2D eigenvalue weighted by molar-refractivity contribution is -0.151. The number of rotatable bonds is 4. The van der Waals surface area contributed by atoms with Crippen molar-refractivity contribution in [2.75, 3.05) is 7.11 Å². The monoisotopic (exact) mass is 271 g/mol. The first-order chi connectivity index (χ1) is 9.49. The van der Waals surface area contributed by atoms with E-state index in [1.807, 2.05) is 42.7 Å². The van der Waals surface area contributed by atoms with Gasteiger partial charge in [-0.05, 0) is 26.0 Å². The standard InChI is InChI=1S/C15H17N3O2/c1-15(2,14(19)20-3)10-18-12-7-5-4-6-11(12)17-13(18)8-9-16/h4-7H,8,10H2,1-3H3. The second kappa shape index (κ2) is 5.33. The van der Waals surface area contributed by atoms with Crippen LogP contribution in [0.5, 0.6) is 0 Å². The highest BCUT2D eigenvalue weighted by Gasteiger charge is 2.30. The summed E-state index contributed by atoms with van der Waals surface area (Å²) >= 11 is 0. The molecule has 2 aromatic rings. The molecule has 0 unspecified atom stereocenters. The first kappa shape index (κ1) is 14.1. The van der Waals surface area contributed by atoms with E-state index in [2.05, 4.69) is 11.1 Å². The molecule has 1 aromatic carbocycles.